The number of nitrogens with zero attached hydrogens (tertiary/aromatic N) is 3. The normalized spacial score (nSPS) is 19.6. The minimum Gasteiger partial charge on any atom is -0.409 e. The van der Waals surface area contributed by atoms with Gasteiger partial charge in [-0.3, -0.25) is 4.90 Å². The Morgan fingerprint density at radius 1 is 1.40 bits per heavy atom. The summed E-state index contributed by atoms with van der Waals surface area (Å²) in [6.07, 6.45) is 1.59. The number of hydrogen-bond donors (Lipinski definition) is 0. The Hall–Kier alpha value is -1.03. The zero-order valence-electron chi connectivity index (χ0n) is 13.9. The Morgan fingerprint density at radius 2 is 2.12 bits per heavy atom. The van der Waals surface area contributed by atoms with E-state index in [9.17, 15) is 8.42 Å². The molecule has 0 amide bonds. The van der Waals surface area contributed by atoms with Crippen molar-refractivity contribution in [1.82, 2.24) is 14.7 Å². The van der Waals surface area contributed by atoms with E-state index in [1.807, 2.05) is 24.3 Å². The highest BCUT2D eigenvalue weighted by molar-refractivity contribution is 9.10. The van der Waals surface area contributed by atoms with Crippen molar-refractivity contribution < 1.29 is 12.8 Å². The van der Waals surface area contributed by atoms with Gasteiger partial charge < -0.3 is 4.42 Å². The smallest absolute Gasteiger partial charge is 0.288 e. The van der Waals surface area contributed by atoms with Crippen molar-refractivity contribution in [2.45, 2.75) is 32.5 Å². The van der Waals surface area contributed by atoms with Gasteiger partial charge in [-0.15, -0.1) is 5.10 Å². The molecule has 2 aromatic rings. The average molecular weight is 446 g/mol. The summed E-state index contributed by atoms with van der Waals surface area (Å²) in [4.78, 5) is 2.42. The van der Waals surface area contributed by atoms with Crippen molar-refractivity contribution in [3.63, 3.8) is 0 Å². The highest BCUT2D eigenvalue weighted by Crippen LogP contribution is 2.22. The molecule has 0 bridgehead atoms. The largest absolute Gasteiger partial charge is 0.409 e. The summed E-state index contributed by atoms with van der Waals surface area (Å²) in [6.45, 7) is 3.31. The molecule has 0 aliphatic carbocycles. The van der Waals surface area contributed by atoms with E-state index in [0.29, 0.717) is 23.8 Å². The molecule has 1 unspecified atom stereocenters. The van der Waals surface area contributed by atoms with E-state index < -0.39 is 9.84 Å². The van der Waals surface area contributed by atoms with E-state index in [1.165, 1.54) is 0 Å². The number of hydrogen-bond acceptors (Lipinski definition) is 6. The molecule has 1 aliphatic rings. The van der Waals surface area contributed by atoms with E-state index in [-0.39, 0.29) is 17.5 Å². The van der Waals surface area contributed by atoms with Gasteiger partial charge in [0.2, 0.25) is 5.89 Å². The molecule has 1 aromatic heterocycles. The first-order valence-corrected chi connectivity index (χ1v) is 11.2. The molecule has 1 saturated heterocycles. The van der Waals surface area contributed by atoms with Gasteiger partial charge in [0, 0.05) is 16.1 Å². The predicted molar refractivity (Wildman–Crippen MR) is 103 cm³/mol. The van der Waals surface area contributed by atoms with Crippen LogP contribution in [0.5, 0.6) is 0 Å². The van der Waals surface area contributed by atoms with E-state index in [4.69, 9.17) is 16.6 Å². The van der Waals surface area contributed by atoms with Gasteiger partial charge in [0.1, 0.15) is 0 Å². The lowest BCUT2D eigenvalue weighted by atomic mass is 10.2. The molecular weight excluding hydrogens is 426 g/mol. The molecular formula is C16H20BrN3O3S2. The number of aromatic nitrogens is 2. The average Bonchev–Trinajstić information content (AvgIpc) is 3.10. The molecule has 1 atom stereocenters. The third-order valence-corrected chi connectivity index (χ3v) is 6.82. The highest BCUT2D eigenvalue weighted by atomic mass is 79.9. The van der Waals surface area contributed by atoms with Gasteiger partial charge in [0.15, 0.2) is 9.84 Å². The molecule has 25 heavy (non-hydrogen) atoms. The Labute approximate surface area is 160 Å². The van der Waals surface area contributed by atoms with Crippen LogP contribution in [0.3, 0.4) is 0 Å². The van der Waals surface area contributed by atoms with Gasteiger partial charge in [0.05, 0.1) is 18.2 Å². The van der Waals surface area contributed by atoms with Gasteiger partial charge in [0.25, 0.3) is 4.84 Å². The van der Waals surface area contributed by atoms with Crippen molar-refractivity contribution in [2.75, 3.05) is 18.1 Å². The first kappa shape index (κ1) is 18.8. The molecule has 0 spiro atoms. The molecule has 3 rings (SSSR count). The van der Waals surface area contributed by atoms with Crippen molar-refractivity contribution in [2.24, 2.45) is 0 Å². The van der Waals surface area contributed by atoms with E-state index in [2.05, 4.69) is 32.9 Å². The van der Waals surface area contributed by atoms with Crippen LogP contribution in [0, 0.1) is 4.84 Å². The molecule has 1 fully saturated rings. The van der Waals surface area contributed by atoms with Gasteiger partial charge in [-0.1, -0.05) is 22.9 Å². The van der Waals surface area contributed by atoms with Crippen molar-refractivity contribution >= 4 is 38.0 Å². The number of halogens is 1. The molecule has 6 nitrogen and oxygen atoms in total. The van der Waals surface area contributed by atoms with Crippen molar-refractivity contribution in [1.29, 1.82) is 0 Å². The summed E-state index contributed by atoms with van der Waals surface area (Å²) in [7, 11) is -2.93. The maximum atomic E-state index is 11.8. The van der Waals surface area contributed by atoms with Gasteiger partial charge in [-0.05, 0) is 55.9 Å². The van der Waals surface area contributed by atoms with Crippen LogP contribution in [0.2, 0.25) is 0 Å². The minimum atomic E-state index is -2.93. The fourth-order valence-electron chi connectivity index (χ4n) is 3.00. The molecule has 0 N–H and O–H groups in total. The second kappa shape index (κ2) is 7.69. The SMILES string of the molecule is CCCN(Cn1nc(-c2ccc(Br)cc2)oc1=S)C1CCS(=O)(=O)C1. The third-order valence-electron chi connectivity index (χ3n) is 4.25. The predicted octanol–water partition coefficient (Wildman–Crippen LogP) is 3.49. The van der Waals surface area contributed by atoms with Crippen LogP contribution in [0.15, 0.2) is 33.2 Å². The quantitative estimate of drug-likeness (QED) is 0.633. The second-order valence-corrected chi connectivity index (χ2v) is 9.68. The van der Waals surface area contributed by atoms with Gasteiger partial charge in [-0.2, -0.15) is 0 Å². The van der Waals surface area contributed by atoms with Crippen LogP contribution in [-0.2, 0) is 16.5 Å². The lowest BCUT2D eigenvalue weighted by Gasteiger charge is -2.26. The van der Waals surface area contributed by atoms with Crippen LogP contribution >= 0.6 is 28.1 Å². The number of sulfone groups is 1. The summed E-state index contributed by atoms with van der Waals surface area (Å²) in [5.74, 6) is 0.928. The highest BCUT2D eigenvalue weighted by Gasteiger charge is 2.32. The summed E-state index contributed by atoms with van der Waals surface area (Å²) in [6, 6.07) is 7.66. The third kappa shape index (κ3) is 4.58. The van der Waals surface area contributed by atoms with Crippen LogP contribution < -0.4 is 0 Å². The molecule has 136 valence electrons. The van der Waals surface area contributed by atoms with Crippen molar-refractivity contribution in [3.8, 4) is 11.5 Å². The second-order valence-electron chi connectivity index (χ2n) is 6.19. The number of rotatable bonds is 6. The van der Waals surface area contributed by atoms with Crippen LogP contribution in [0.25, 0.3) is 11.5 Å². The maximum absolute atomic E-state index is 11.8. The summed E-state index contributed by atoms with van der Waals surface area (Å²) in [5, 5.41) is 4.48. The van der Waals surface area contributed by atoms with Gasteiger partial charge >= 0.3 is 0 Å². The van der Waals surface area contributed by atoms with E-state index >= 15 is 0 Å². The monoisotopic (exact) mass is 445 g/mol. The zero-order chi connectivity index (χ0) is 18.0. The zero-order valence-corrected chi connectivity index (χ0v) is 17.1. The standard InChI is InChI=1S/C16H20BrN3O3S2/c1-2-8-19(14-7-9-25(21,22)10-14)11-20-16(24)23-15(18-20)12-3-5-13(17)6-4-12/h3-6,14H,2,7-11H2,1H3. The summed E-state index contributed by atoms with van der Waals surface area (Å²) < 4.78 is 31.8. The Kier molecular flexibility index (Phi) is 5.77. The fraction of sp³-hybridized carbons (Fsp3) is 0.500. The van der Waals surface area contributed by atoms with E-state index in [1.54, 1.807) is 4.68 Å². The first-order chi connectivity index (χ1) is 11.9. The molecule has 0 saturated carbocycles. The van der Waals surface area contributed by atoms with Crippen LogP contribution in [0.4, 0.5) is 0 Å². The van der Waals surface area contributed by atoms with Crippen LogP contribution in [-0.4, -0.2) is 47.2 Å². The Balaban J connectivity index is 1.81. The molecule has 1 aliphatic heterocycles. The molecule has 0 radical (unpaired) electrons. The van der Waals surface area contributed by atoms with Gasteiger partial charge in [-0.25, -0.2) is 13.1 Å². The first-order valence-electron chi connectivity index (χ1n) is 8.16. The summed E-state index contributed by atoms with van der Waals surface area (Å²) in [5.41, 5.74) is 0.846. The fourth-order valence-corrected chi connectivity index (χ4v) is 5.20. The minimum absolute atomic E-state index is 0.0136. The van der Waals surface area contributed by atoms with Crippen LogP contribution in [0.1, 0.15) is 19.8 Å². The maximum Gasteiger partial charge on any atom is 0.288 e. The topological polar surface area (TPSA) is 68.3 Å². The lowest BCUT2D eigenvalue weighted by Crippen LogP contribution is -2.38. The Bertz CT molecular complexity index is 890. The van der Waals surface area contributed by atoms with Crippen molar-refractivity contribution in [3.05, 3.63) is 33.6 Å². The molecule has 9 heteroatoms. The lowest BCUT2D eigenvalue weighted by molar-refractivity contribution is 0.153. The molecule has 1 aromatic carbocycles. The number of benzene rings is 1. The van der Waals surface area contributed by atoms with E-state index in [0.717, 1.165) is 23.0 Å². The molecule has 2 heterocycles. The summed E-state index contributed by atoms with van der Waals surface area (Å²) >= 11 is 8.70. The Morgan fingerprint density at radius 3 is 2.72 bits per heavy atom.